The molecule has 10 heteroatoms. The summed E-state index contributed by atoms with van der Waals surface area (Å²) in [4.78, 5) is 30.4. The molecule has 0 rings (SSSR count). The molecule has 0 aromatic heterocycles. The van der Waals surface area contributed by atoms with Crippen molar-refractivity contribution in [1.82, 2.24) is 5.32 Å². The number of aliphatic carboxylic acids is 2. The van der Waals surface area contributed by atoms with Crippen LogP contribution in [0.15, 0.2) is 0 Å². The molecule has 0 radical (unpaired) electrons. The Morgan fingerprint density at radius 1 is 1.25 bits per heavy atom. The van der Waals surface area contributed by atoms with E-state index in [9.17, 15) is 22.8 Å². The highest BCUT2D eigenvalue weighted by Crippen LogP contribution is 2.13. The minimum Gasteiger partial charge on any atom is -0.480 e. The topological polar surface area (TPSA) is 104 Å². The van der Waals surface area contributed by atoms with E-state index in [0.717, 1.165) is 5.75 Å². The Labute approximate surface area is 117 Å². The molecule has 0 aliphatic rings. The normalized spacial score (nSPS) is 11.8. The number of carbonyl (C=O) groups excluding carboxylic acids is 1. The predicted molar refractivity (Wildman–Crippen MR) is 66.5 cm³/mol. The molecule has 0 fully saturated rings. The van der Waals surface area contributed by atoms with Crippen molar-refractivity contribution in [2.24, 2.45) is 0 Å². The quantitative estimate of drug-likeness (QED) is 0.683. The van der Waals surface area contributed by atoms with Gasteiger partial charge in [0.15, 0.2) is 0 Å². The Balaban J connectivity index is 0. The van der Waals surface area contributed by atoms with E-state index in [1.165, 1.54) is 0 Å². The third kappa shape index (κ3) is 11.6. The SMILES string of the molecule is CCC(=O)N[C@@H](CCSC)C(=O)O.O=C(O)C(F)(F)F. The molecule has 1 atom stereocenters. The van der Waals surface area contributed by atoms with E-state index in [2.05, 4.69) is 5.32 Å². The number of hydrogen-bond acceptors (Lipinski definition) is 4. The van der Waals surface area contributed by atoms with Crippen LogP contribution in [0.5, 0.6) is 0 Å². The second-order valence-electron chi connectivity index (χ2n) is 3.40. The van der Waals surface area contributed by atoms with E-state index in [1.54, 1.807) is 18.7 Å². The fourth-order valence-electron chi connectivity index (χ4n) is 0.789. The molecule has 3 N–H and O–H groups in total. The van der Waals surface area contributed by atoms with E-state index in [1.807, 2.05) is 6.26 Å². The monoisotopic (exact) mass is 319 g/mol. The molecule has 20 heavy (non-hydrogen) atoms. The molecule has 0 aromatic carbocycles. The van der Waals surface area contributed by atoms with Gasteiger partial charge in [0.1, 0.15) is 6.04 Å². The summed E-state index contributed by atoms with van der Waals surface area (Å²) in [5.41, 5.74) is 0. The van der Waals surface area contributed by atoms with Crippen LogP contribution in [0.1, 0.15) is 19.8 Å². The molecular weight excluding hydrogens is 303 g/mol. The van der Waals surface area contributed by atoms with Gasteiger partial charge in [-0.3, -0.25) is 4.79 Å². The van der Waals surface area contributed by atoms with Gasteiger partial charge >= 0.3 is 18.1 Å². The molecule has 0 aliphatic carbocycles. The number of carboxylic acid groups (broad SMARTS) is 2. The summed E-state index contributed by atoms with van der Waals surface area (Å²) in [7, 11) is 0. The largest absolute Gasteiger partial charge is 0.490 e. The molecule has 0 saturated heterocycles. The second-order valence-corrected chi connectivity index (χ2v) is 4.38. The summed E-state index contributed by atoms with van der Waals surface area (Å²) >= 11 is 1.57. The highest BCUT2D eigenvalue weighted by atomic mass is 32.2. The van der Waals surface area contributed by atoms with Crippen LogP contribution in [0.4, 0.5) is 13.2 Å². The molecule has 0 bridgehead atoms. The zero-order chi connectivity index (χ0) is 16.3. The van der Waals surface area contributed by atoms with E-state index < -0.39 is 24.2 Å². The Kier molecular flexibility index (Phi) is 10.8. The highest BCUT2D eigenvalue weighted by Gasteiger charge is 2.38. The first-order chi connectivity index (χ1) is 9.06. The molecule has 0 unspecified atom stereocenters. The molecule has 1 amide bonds. The van der Waals surface area contributed by atoms with Gasteiger partial charge in [0.05, 0.1) is 0 Å². The average molecular weight is 319 g/mol. The van der Waals surface area contributed by atoms with Gasteiger partial charge in [0, 0.05) is 6.42 Å². The van der Waals surface area contributed by atoms with Gasteiger partial charge in [-0.15, -0.1) is 0 Å². The van der Waals surface area contributed by atoms with Gasteiger partial charge < -0.3 is 15.5 Å². The zero-order valence-electron chi connectivity index (χ0n) is 10.9. The van der Waals surface area contributed by atoms with E-state index in [0.29, 0.717) is 12.8 Å². The maximum atomic E-state index is 10.9. The number of alkyl halides is 3. The molecule has 118 valence electrons. The van der Waals surface area contributed by atoms with Crippen LogP contribution in [-0.2, 0) is 14.4 Å². The maximum absolute atomic E-state index is 10.9. The third-order valence-electron chi connectivity index (χ3n) is 1.81. The molecular formula is C10H16F3NO5S. The summed E-state index contributed by atoms with van der Waals surface area (Å²) < 4.78 is 31.7. The molecule has 0 heterocycles. The minimum atomic E-state index is -5.08. The summed E-state index contributed by atoms with van der Waals surface area (Å²) in [6.45, 7) is 1.70. The first-order valence-corrected chi connectivity index (χ1v) is 6.76. The van der Waals surface area contributed by atoms with Gasteiger partial charge in [-0.2, -0.15) is 24.9 Å². The minimum absolute atomic E-state index is 0.214. The fraction of sp³-hybridized carbons (Fsp3) is 0.700. The summed E-state index contributed by atoms with van der Waals surface area (Å²) in [5, 5.41) is 18.3. The van der Waals surface area contributed by atoms with Crippen molar-refractivity contribution in [3.05, 3.63) is 0 Å². The zero-order valence-corrected chi connectivity index (χ0v) is 11.7. The average Bonchev–Trinajstić information content (AvgIpc) is 2.33. The summed E-state index contributed by atoms with van der Waals surface area (Å²) in [6, 6.07) is -0.736. The lowest BCUT2D eigenvalue weighted by Gasteiger charge is -2.12. The highest BCUT2D eigenvalue weighted by molar-refractivity contribution is 7.98. The van der Waals surface area contributed by atoms with Crippen molar-refractivity contribution in [2.45, 2.75) is 32.0 Å². The van der Waals surface area contributed by atoms with E-state index in [-0.39, 0.29) is 5.91 Å². The van der Waals surface area contributed by atoms with Crippen LogP contribution in [0.2, 0.25) is 0 Å². The van der Waals surface area contributed by atoms with Crippen molar-refractivity contribution < 1.29 is 37.8 Å². The third-order valence-corrected chi connectivity index (χ3v) is 2.45. The number of halogens is 3. The van der Waals surface area contributed by atoms with Crippen molar-refractivity contribution >= 4 is 29.6 Å². The van der Waals surface area contributed by atoms with Gasteiger partial charge in [0.2, 0.25) is 5.91 Å². The van der Waals surface area contributed by atoms with Crippen LogP contribution in [0.3, 0.4) is 0 Å². The number of carbonyl (C=O) groups is 3. The number of rotatable bonds is 6. The van der Waals surface area contributed by atoms with E-state index >= 15 is 0 Å². The number of carboxylic acids is 2. The smallest absolute Gasteiger partial charge is 0.480 e. The second kappa shape index (κ2) is 10.4. The fourth-order valence-corrected chi connectivity index (χ4v) is 1.26. The number of amides is 1. The van der Waals surface area contributed by atoms with Gasteiger partial charge in [-0.1, -0.05) is 6.92 Å². The molecule has 6 nitrogen and oxygen atoms in total. The summed E-state index contributed by atoms with van der Waals surface area (Å²) in [5.74, 6) is -3.20. The van der Waals surface area contributed by atoms with Crippen LogP contribution in [0.25, 0.3) is 0 Å². The molecule has 0 aliphatic heterocycles. The number of nitrogens with one attached hydrogen (secondary N) is 1. The van der Waals surface area contributed by atoms with E-state index in [4.69, 9.17) is 15.0 Å². The van der Waals surface area contributed by atoms with Gasteiger partial charge in [-0.05, 0) is 18.4 Å². The Bertz CT molecular complexity index is 335. The first-order valence-electron chi connectivity index (χ1n) is 5.37. The molecule has 0 spiro atoms. The van der Waals surface area contributed by atoms with Gasteiger partial charge in [0.25, 0.3) is 0 Å². The maximum Gasteiger partial charge on any atom is 0.490 e. The standard InChI is InChI=1S/C8H15NO3S.C2HF3O2/c1-3-7(10)9-6(8(11)12)4-5-13-2;3-2(4,5)1(6)7/h6H,3-5H2,1-2H3,(H,9,10)(H,11,12);(H,6,7)/t6-;/m0./s1. The van der Waals surface area contributed by atoms with Crippen molar-refractivity contribution in [3.63, 3.8) is 0 Å². The summed E-state index contributed by atoms with van der Waals surface area (Å²) in [6.07, 6.45) is -2.38. The lowest BCUT2D eigenvalue weighted by Crippen LogP contribution is -2.40. The lowest BCUT2D eigenvalue weighted by molar-refractivity contribution is -0.192. The van der Waals surface area contributed by atoms with Crippen LogP contribution >= 0.6 is 11.8 Å². The van der Waals surface area contributed by atoms with Crippen LogP contribution in [-0.4, -0.2) is 52.3 Å². The lowest BCUT2D eigenvalue weighted by atomic mass is 10.2. The number of hydrogen-bond donors (Lipinski definition) is 3. The van der Waals surface area contributed by atoms with Crippen LogP contribution in [0, 0.1) is 0 Å². The Hall–Kier alpha value is -1.45. The van der Waals surface area contributed by atoms with Gasteiger partial charge in [-0.25, -0.2) is 9.59 Å². The molecule has 0 saturated carbocycles. The predicted octanol–water partition coefficient (Wildman–Crippen LogP) is 1.35. The van der Waals surface area contributed by atoms with Crippen molar-refractivity contribution in [2.75, 3.05) is 12.0 Å². The first kappa shape index (κ1) is 20.9. The van der Waals surface area contributed by atoms with Crippen molar-refractivity contribution in [1.29, 1.82) is 0 Å². The van der Waals surface area contributed by atoms with Crippen molar-refractivity contribution in [3.8, 4) is 0 Å². The van der Waals surface area contributed by atoms with Crippen LogP contribution < -0.4 is 5.32 Å². The number of thioether (sulfide) groups is 1. The Morgan fingerprint density at radius 2 is 1.70 bits per heavy atom. The Morgan fingerprint density at radius 3 is 1.95 bits per heavy atom. The molecule has 0 aromatic rings.